The first-order valence-electron chi connectivity index (χ1n) is 5.96. The number of nitrogens with one attached hydrogen (secondary N) is 1. The summed E-state index contributed by atoms with van der Waals surface area (Å²) in [7, 11) is 0. The number of hydrogen-bond acceptors (Lipinski definition) is 2. The molecule has 6 heteroatoms. The quantitative estimate of drug-likeness (QED) is 0.810. The first-order valence-corrected chi connectivity index (χ1v) is 5.96. The molecule has 0 radical (unpaired) electrons. The van der Waals surface area contributed by atoms with Gasteiger partial charge in [-0.2, -0.15) is 18.4 Å². The predicted molar refractivity (Wildman–Crippen MR) is 70.6 cm³/mol. The van der Waals surface area contributed by atoms with Crippen LogP contribution in [0, 0.1) is 24.1 Å². The summed E-state index contributed by atoms with van der Waals surface area (Å²) in [6.45, 7) is 1.72. The summed E-state index contributed by atoms with van der Waals surface area (Å²) in [4.78, 5) is 0. The highest BCUT2D eigenvalue weighted by molar-refractivity contribution is 5.69. The van der Waals surface area contributed by atoms with Crippen molar-refractivity contribution < 1.29 is 17.6 Å². The molecular weight excluding hydrogens is 284 g/mol. The van der Waals surface area contributed by atoms with Gasteiger partial charge < -0.3 is 5.32 Å². The van der Waals surface area contributed by atoms with E-state index in [1.807, 2.05) is 0 Å². The highest BCUT2D eigenvalue weighted by atomic mass is 19.4. The fourth-order valence-electron chi connectivity index (χ4n) is 1.80. The summed E-state index contributed by atoms with van der Waals surface area (Å²) in [6.07, 6.45) is -4.51. The van der Waals surface area contributed by atoms with E-state index in [0.717, 1.165) is 18.2 Å². The number of rotatable bonds is 2. The summed E-state index contributed by atoms with van der Waals surface area (Å²) in [5.41, 5.74) is 0.236. The van der Waals surface area contributed by atoms with E-state index in [9.17, 15) is 17.6 Å². The Bertz CT molecular complexity index is 715. The molecule has 0 spiro atoms. The summed E-state index contributed by atoms with van der Waals surface area (Å²) in [5, 5.41) is 11.8. The Labute approximate surface area is 118 Å². The summed E-state index contributed by atoms with van der Waals surface area (Å²) >= 11 is 0. The first kappa shape index (κ1) is 14.9. The molecule has 0 bridgehead atoms. The fourth-order valence-corrected chi connectivity index (χ4v) is 1.80. The maximum absolute atomic E-state index is 13.2. The van der Waals surface area contributed by atoms with Crippen LogP contribution in [0.3, 0.4) is 0 Å². The van der Waals surface area contributed by atoms with E-state index in [4.69, 9.17) is 5.26 Å². The van der Waals surface area contributed by atoms with Crippen molar-refractivity contribution in [2.45, 2.75) is 13.1 Å². The van der Waals surface area contributed by atoms with Crippen molar-refractivity contribution in [3.63, 3.8) is 0 Å². The number of alkyl halides is 3. The van der Waals surface area contributed by atoms with Crippen LogP contribution in [0.5, 0.6) is 0 Å². The largest absolute Gasteiger partial charge is 0.416 e. The number of benzene rings is 2. The minimum Gasteiger partial charge on any atom is -0.354 e. The van der Waals surface area contributed by atoms with Gasteiger partial charge in [0.25, 0.3) is 0 Å². The average molecular weight is 294 g/mol. The van der Waals surface area contributed by atoms with Crippen molar-refractivity contribution in [2.24, 2.45) is 0 Å². The highest BCUT2D eigenvalue weighted by Gasteiger charge is 2.31. The zero-order chi connectivity index (χ0) is 15.6. The molecule has 2 nitrogen and oxygen atoms in total. The van der Waals surface area contributed by atoms with Crippen LogP contribution in [0.15, 0.2) is 36.4 Å². The van der Waals surface area contributed by atoms with Gasteiger partial charge in [-0.25, -0.2) is 4.39 Å². The molecule has 2 aromatic carbocycles. The third kappa shape index (κ3) is 3.31. The van der Waals surface area contributed by atoms with Crippen molar-refractivity contribution in [3.05, 3.63) is 58.9 Å². The van der Waals surface area contributed by atoms with Crippen LogP contribution in [0.25, 0.3) is 0 Å². The molecule has 0 aliphatic carbocycles. The zero-order valence-corrected chi connectivity index (χ0v) is 10.9. The molecule has 0 aromatic heterocycles. The Morgan fingerprint density at radius 2 is 1.76 bits per heavy atom. The maximum Gasteiger partial charge on any atom is 0.416 e. The van der Waals surface area contributed by atoms with Gasteiger partial charge in [-0.15, -0.1) is 0 Å². The molecule has 2 rings (SSSR count). The standard InChI is InChI=1S/C15H10F4N2/c1-9-2-4-12(16)7-14(9)21-13-5-3-11(15(17,18)19)6-10(13)8-20/h2-7,21H,1H3. The second kappa shape index (κ2) is 5.44. The summed E-state index contributed by atoms with van der Waals surface area (Å²) in [6, 6.07) is 8.53. The lowest BCUT2D eigenvalue weighted by Gasteiger charge is -2.13. The minimum absolute atomic E-state index is 0.159. The number of nitrogens with zero attached hydrogens (tertiary/aromatic N) is 1. The normalized spacial score (nSPS) is 11.0. The number of nitriles is 1. The topological polar surface area (TPSA) is 35.8 Å². The van der Waals surface area contributed by atoms with Gasteiger partial charge in [-0.3, -0.25) is 0 Å². The Morgan fingerprint density at radius 1 is 1.05 bits per heavy atom. The van der Waals surface area contributed by atoms with E-state index in [1.165, 1.54) is 18.2 Å². The second-order valence-corrected chi connectivity index (χ2v) is 4.45. The van der Waals surface area contributed by atoms with E-state index < -0.39 is 17.6 Å². The molecule has 0 unspecified atom stereocenters. The molecule has 0 amide bonds. The minimum atomic E-state index is -4.51. The predicted octanol–water partition coefficient (Wildman–Crippen LogP) is 4.77. The molecule has 2 aromatic rings. The Kier molecular flexibility index (Phi) is 3.85. The molecule has 0 heterocycles. The molecule has 0 aliphatic heterocycles. The molecule has 21 heavy (non-hydrogen) atoms. The van der Waals surface area contributed by atoms with Crippen LogP contribution < -0.4 is 5.32 Å². The van der Waals surface area contributed by atoms with E-state index in [-0.39, 0.29) is 11.3 Å². The van der Waals surface area contributed by atoms with Gasteiger partial charge >= 0.3 is 6.18 Å². The van der Waals surface area contributed by atoms with Crippen LogP contribution in [0.4, 0.5) is 28.9 Å². The van der Waals surface area contributed by atoms with Crippen LogP contribution in [0.2, 0.25) is 0 Å². The molecule has 0 saturated carbocycles. The number of halogens is 4. The molecule has 0 atom stereocenters. The molecule has 0 aliphatic rings. The lowest BCUT2D eigenvalue weighted by molar-refractivity contribution is -0.137. The average Bonchev–Trinajstić information content (AvgIpc) is 2.42. The summed E-state index contributed by atoms with van der Waals surface area (Å²) in [5.74, 6) is -0.478. The van der Waals surface area contributed by atoms with E-state index in [0.29, 0.717) is 11.3 Å². The van der Waals surface area contributed by atoms with Crippen LogP contribution in [-0.4, -0.2) is 0 Å². The van der Waals surface area contributed by atoms with Gasteiger partial charge in [0, 0.05) is 5.69 Å². The second-order valence-electron chi connectivity index (χ2n) is 4.45. The van der Waals surface area contributed by atoms with E-state index in [1.54, 1.807) is 13.0 Å². The molecule has 1 N–H and O–H groups in total. The Balaban J connectivity index is 2.41. The third-order valence-electron chi connectivity index (χ3n) is 2.94. The molecule has 0 saturated heterocycles. The number of hydrogen-bond donors (Lipinski definition) is 1. The maximum atomic E-state index is 13.2. The van der Waals surface area contributed by atoms with E-state index in [2.05, 4.69) is 5.32 Å². The van der Waals surface area contributed by atoms with Crippen molar-refractivity contribution in [2.75, 3.05) is 5.32 Å². The SMILES string of the molecule is Cc1ccc(F)cc1Nc1ccc(C(F)(F)F)cc1C#N. The lowest BCUT2D eigenvalue weighted by Crippen LogP contribution is -2.06. The van der Waals surface area contributed by atoms with Crippen LogP contribution >= 0.6 is 0 Å². The molecular formula is C15H10F4N2. The van der Waals surface area contributed by atoms with Crippen LogP contribution in [-0.2, 0) is 6.18 Å². The smallest absolute Gasteiger partial charge is 0.354 e. The van der Waals surface area contributed by atoms with Crippen molar-refractivity contribution >= 4 is 11.4 Å². The van der Waals surface area contributed by atoms with Crippen molar-refractivity contribution in [3.8, 4) is 6.07 Å². The monoisotopic (exact) mass is 294 g/mol. The van der Waals surface area contributed by atoms with Gasteiger partial charge in [-0.1, -0.05) is 6.07 Å². The molecule has 108 valence electrons. The van der Waals surface area contributed by atoms with Crippen molar-refractivity contribution in [1.29, 1.82) is 5.26 Å². The van der Waals surface area contributed by atoms with E-state index >= 15 is 0 Å². The highest BCUT2D eigenvalue weighted by Crippen LogP contribution is 2.32. The lowest BCUT2D eigenvalue weighted by atomic mass is 10.1. The van der Waals surface area contributed by atoms with Crippen LogP contribution in [0.1, 0.15) is 16.7 Å². The zero-order valence-electron chi connectivity index (χ0n) is 10.9. The van der Waals surface area contributed by atoms with Gasteiger partial charge in [0.2, 0.25) is 0 Å². The van der Waals surface area contributed by atoms with Crippen molar-refractivity contribution in [1.82, 2.24) is 0 Å². The van der Waals surface area contributed by atoms with Gasteiger partial charge in [0.05, 0.1) is 16.8 Å². The number of anilines is 2. The molecule has 0 fully saturated rings. The van der Waals surface area contributed by atoms with Gasteiger partial charge in [0.1, 0.15) is 11.9 Å². The number of aryl methyl sites for hydroxylation is 1. The van der Waals surface area contributed by atoms with Gasteiger partial charge in [0.15, 0.2) is 0 Å². The first-order chi connectivity index (χ1) is 9.81. The third-order valence-corrected chi connectivity index (χ3v) is 2.94. The Hall–Kier alpha value is -2.55. The Morgan fingerprint density at radius 3 is 2.38 bits per heavy atom. The fraction of sp³-hybridized carbons (Fsp3) is 0.133. The van der Waals surface area contributed by atoms with Gasteiger partial charge in [-0.05, 0) is 42.8 Å². The summed E-state index contributed by atoms with van der Waals surface area (Å²) < 4.78 is 51.0.